The summed E-state index contributed by atoms with van der Waals surface area (Å²) in [5.74, 6) is 0.569. The summed E-state index contributed by atoms with van der Waals surface area (Å²) in [6.45, 7) is 0.475. The first-order valence-corrected chi connectivity index (χ1v) is 1.96. The zero-order valence-electron chi connectivity index (χ0n) is 4.02. The molecule has 0 unspecified atom stereocenters. The molecular weight excluding hydrogens is 94.0 g/mol. The topological polar surface area (TPSA) is 30.5 Å². The van der Waals surface area contributed by atoms with E-state index >= 15 is 0 Å². The van der Waals surface area contributed by atoms with Crippen LogP contribution in [0.2, 0.25) is 0 Å². The van der Waals surface area contributed by atoms with Gasteiger partial charge in [-0.25, -0.2) is 5.48 Å². The normalized spacial score (nSPS) is 18.1. The fraction of sp³-hybridized carbons (Fsp3) is 0.500. The molecule has 0 aliphatic carbocycles. The molecule has 1 aliphatic heterocycles. The van der Waals surface area contributed by atoms with Crippen LogP contribution in [0.1, 0.15) is 0 Å². The molecule has 0 fully saturated rings. The second kappa shape index (κ2) is 1.84. The fourth-order valence-electron chi connectivity index (χ4n) is 0.353. The van der Waals surface area contributed by atoms with Gasteiger partial charge in [0.2, 0.25) is 5.88 Å². The largest absolute Gasteiger partial charge is 0.481 e. The van der Waals surface area contributed by atoms with Crippen molar-refractivity contribution in [3.63, 3.8) is 0 Å². The number of hydrogen-bond acceptors (Lipinski definition) is 3. The van der Waals surface area contributed by atoms with Crippen LogP contribution in [0.5, 0.6) is 0 Å². The molecule has 0 saturated carbocycles. The predicted molar refractivity (Wildman–Crippen MR) is 22.9 cm³/mol. The number of nitrogens with one attached hydrogen (secondary N) is 1. The van der Waals surface area contributed by atoms with Gasteiger partial charge in [-0.3, -0.25) is 4.84 Å². The Bertz CT molecular complexity index is 89.7. The molecule has 1 N–H and O–H groups in total. The Balaban J connectivity index is 2.36. The van der Waals surface area contributed by atoms with E-state index in [0.29, 0.717) is 12.5 Å². The quantitative estimate of drug-likeness (QED) is 0.495. The van der Waals surface area contributed by atoms with Crippen LogP contribution >= 0.6 is 0 Å². The summed E-state index contributed by atoms with van der Waals surface area (Å²) >= 11 is 0. The molecule has 0 atom stereocenters. The van der Waals surface area contributed by atoms with Gasteiger partial charge in [0.05, 0.1) is 13.2 Å². The number of hydroxylamine groups is 1. The van der Waals surface area contributed by atoms with Gasteiger partial charge >= 0.3 is 0 Å². The Hall–Kier alpha value is -0.700. The molecule has 1 rings (SSSR count). The second-order valence-electron chi connectivity index (χ2n) is 1.10. The minimum absolute atomic E-state index is 0.475. The average molecular weight is 100 g/mol. The van der Waals surface area contributed by atoms with E-state index in [1.807, 2.05) is 0 Å². The molecular formula is C4H6NO2. The molecule has 1 radical (unpaired) electrons. The molecule has 39 valence electrons. The Morgan fingerprint density at radius 3 is 3.14 bits per heavy atom. The van der Waals surface area contributed by atoms with Gasteiger partial charge in [-0.2, -0.15) is 0 Å². The number of hydrogen-bond donors (Lipinski definition) is 1. The van der Waals surface area contributed by atoms with Crippen molar-refractivity contribution in [3.05, 3.63) is 12.0 Å². The lowest BCUT2D eigenvalue weighted by molar-refractivity contribution is 0.0700. The first-order valence-electron chi connectivity index (χ1n) is 1.96. The molecule has 0 bridgehead atoms. The van der Waals surface area contributed by atoms with Crippen LogP contribution < -0.4 is 5.48 Å². The van der Waals surface area contributed by atoms with Crippen molar-refractivity contribution in [3.8, 4) is 0 Å². The Labute approximate surface area is 41.9 Å². The molecule has 7 heavy (non-hydrogen) atoms. The van der Waals surface area contributed by atoms with E-state index in [0.717, 1.165) is 0 Å². The maximum Gasteiger partial charge on any atom is 0.217 e. The zero-order chi connectivity index (χ0) is 5.11. The van der Waals surface area contributed by atoms with Crippen molar-refractivity contribution in [2.75, 3.05) is 13.7 Å². The van der Waals surface area contributed by atoms with Gasteiger partial charge in [0, 0.05) is 0 Å². The Morgan fingerprint density at radius 2 is 2.86 bits per heavy atom. The van der Waals surface area contributed by atoms with Gasteiger partial charge in [0.15, 0.2) is 0 Å². The third-order valence-corrected chi connectivity index (χ3v) is 0.674. The van der Waals surface area contributed by atoms with Crippen molar-refractivity contribution in [2.45, 2.75) is 0 Å². The van der Waals surface area contributed by atoms with Crippen LogP contribution in [0.25, 0.3) is 0 Å². The molecule has 3 heteroatoms. The van der Waals surface area contributed by atoms with Crippen LogP contribution in [-0.4, -0.2) is 13.7 Å². The van der Waals surface area contributed by atoms with Crippen molar-refractivity contribution in [1.29, 1.82) is 0 Å². The summed E-state index contributed by atoms with van der Waals surface area (Å²) in [6, 6.07) is 0. The lowest BCUT2D eigenvalue weighted by Gasteiger charge is -1.96. The van der Waals surface area contributed by atoms with E-state index in [1.54, 1.807) is 7.11 Å². The summed E-state index contributed by atoms with van der Waals surface area (Å²) in [6.07, 6.45) is 2.77. The molecule has 1 aliphatic rings. The van der Waals surface area contributed by atoms with E-state index in [2.05, 4.69) is 21.1 Å². The van der Waals surface area contributed by atoms with E-state index in [-0.39, 0.29) is 0 Å². The van der Waals surface area contributed by atoms with Gasteiger partial charge in [-0.15, -0.1) is 0 Å². The van der Waals surface area contributed by atoms with Gasteiger partial charge in [0.1, 0.15) is 6.61 Å². The van der Waals surface area contributed by atoms with Crippen LogP contribution in [0.15, 0.2) is 5.88 Å². The molecule has 0 amide bonds. The lowest BCUT2D eigenvalue weighted by atomic mass is 10.6. The molecule has 0 aromatic heterocycles. The zero-order valence-corrected chi connectivity index (χ0v) is 4.02. The summed E-state index contributed by atoms with van der Waals surface area (Å²) in [4.78, 5) is 4.62. The fourth-order valence-corrected chi connectivity index (χ4v) is 0.353. The first kappa shape index (κ1) is 4.46. The van der Waals surface area contributed by atoms with Crippen molar-refractivity contribution in [2.24, 2.45) is 0 Å². The van der Waals surface area contributed by atoms with Gasteiger partial charge in [-0.05, 0) is 0 Å². The predicted octanol–water partition coefficient (Wildman–Crippen LogP) is -0.188. The molecule has 0 aromatic rings. The smallest absolute Gasteiger partial charge is 0.217 e. The minimum atomic E-state index is 0.475. The number of ether oxygens (including phenoxy) is 1. The number of rotatable bonds is 1. The van der Waals surface area contributed by atoms with Gasteiger partial charge < -0.3 is 4.74 Å². The Morgan fingerprint density at radius 1 is 2.00 bits per heavy atom. The minimum Gasteiger partial charge on any atom is -0.481 e. The van der Waals surface area contributed by atoms with Crippen LogP contribution in [0, 0.1) is 6.08 Å². The van der Waals surface area contributed by atoms with E-state index < -0.39 is 0 Å². The lowest BCUT2D eigenvalue weighted by Crippen LogP contribution is -2.06. The highest BCUT2D eigenvalue weighted by molar-refractivity contribution is 4.83. The van der Waals surface area contributed by atoms with Crippen LogP contribution in [-0.2, 0) is 9.57 Å². The summed E-state index contributed by atoms with van der Waals surface area (Å²) in [5, 5.41) is 0. The van der Waals surface area contributed by atoms with Gasteiger partial charge in [0.25, 0.3) is 0 Å². The van der Waals surface area contributed by atoms with Crippen LogP contribution in [0.4, 0.5) is 0 Å². The van der Waals surface area contributed by atoms with E-state index in [4.69, 9.17) is 0 Å². The summed E-state index contributed by atoms with van der Waals surface area (Å²) < 4.78 is 4.68. The van der Waals surface area contributed by atoms with Gasteiger partial charge in [-0.1, -0.05) is 0 Å². The summed E-state index contributed by atoms with van der Waals surface area (Å²) in [7, 11) is 1.56. The molecule has 0 aromatic carbocycles. The SMILES string of the molecule is COC1=[C]CON1. The highest BCUT2D eigenvalue weighted by Gasteiger charge is 2.00. The van der Waals surface area contributed by atoms with Crippen molar-refractivity contribution < 1.29 is 9.57 Å². The van der Waals surface area contributed by atoms with Crippen molar-refractivity contribution in [1.82, 2.24) is 5.48 Å². The highest BCUT2D eigenvalue weighted by Crippen LogP contribution is 1.94. The standard InChI is InChI=1S/C4H6NO2/c1-6-4-2-3-7-5-4/h5H,3H2,1H3. The maximum absolute atomic E-state index is 4.68. The van der Waals surface area contributed by atoms with E-state index in [1.165, 1.54) is 0 Å². The summed E-state index contributed by atoms with van der Waals surface area (Å²) in [5.41, 5.74) is 2.49. The second-order valence-corrected chi connectivity index (χ2v) is 1.10. The molecule has 0 spiro atoms. The molecule has 3 nitrogen and oxygen atoms in total. The monoisotopic (exact) mass is 100 g/mol. The van der Waals surface area contributed by atoms with Crippen LogP contribution in [0.3, 0.4) is 0 Å². The average Bonchev–Trinajstić information content (AvgIpc) is 2.14. The molecule has 0 saturated heterocycles. The van der Waals surface area contributed by atoms with E-state index in [9.17, 15) is 0 Å². The number of methoxy groups -OCH3 is 1. The third kappa shape index (κ3) is 0.838. The van der Waals surface area contributed by atoms with Crippen molar-refractivity contribution >= 4 is 0 Å². The molecule has 1 heterocycles. The Kier molecular flexibility index (Phi) is 1.17. The highest BCUT2D eigenvalue weighted by atomic mass is 16.7. The first-order chi connectivity index (χ1) is 3.43. The maximum atomic E-state index is 4.68. The third-order valence-electron chi connectivity index (χ3n) is 0.674.